The van der Waals surface area contributed by atoms with Gasteiger partial charge in [0.2, 0.25) is 5.91 Å². The Labute approximate surface area is 127 Å². The summed E-state index contributed by atoms with van der Waals surface area (Å²) in [5, 5.41) is 15.0. The maximum atomic E-state index is 12.2. The molecule has 0 bridgehead atoms. The number of hydrogen-bond acceptors (Lipinski definition) is 5. The molecule has 0 atom stereocenters. The Balaban J connectivity index is 1.74. The largest absolute Gasteiger partial charge is 0.340 e. The number of carbonyl (C=O) groups excluding carboxylic acids is 1. The normalized spacial score (nSPS) is 10.6. The number of rotatable bonds is 5. The van der Waals surface area contributed by atoms with Gasteiger partial charge in [-0.1, -0.05) is 18.2 Å². The van der Waals surface area contributed by atoms with Crippen LogP contribution in [0.15, 0.2) is 49.1 Å². The molecule has 112 valence electrons. The number of hydrogen-bond donors (Lipinski definition) is 0. The predicted molar refractivity (Wildman–Crippen MR) is 77.9 cm³/mol. The van der Waals surface area contributed by atoms with Crippen LogP contribution < -0.4 is 0 Å². The minimum Gasteiger partial charge on any atom is -0.340 e. The molecule has 1 aromatic carbocycles. The van der Waals surface area contributed by atoms with Gasteiger partial charge >= 0.3 is 0 Å². The van der Waals surface area contributed by atoms with Gasteiger partial charge in [0.25, 0.3) is 0 Å². The molecule has 0 aliphatic carbocycles. The molecule has 0 N–H and O–H groups in total. The van der Waals surface area contributed by atoms with Crippen molar-refractivity contribution in [2.75, 3.05) is 7.05 Å². The van der Waals surface area contributed by atoms with Crippen LogP contribution in [0.1, 0.15) is 5.56 Å². The van der Waals surface area contributed by atoms with E-state index in [0.717, 1.165) is 11.3 Å². The van der Waals surface area contributed by atoms with Crippen molar-refractivity contribution in [3.8, 4) is 5.69 Å². The van der Waals surface area contributed by atoms with Crippen molar-refractivity contribution in [2.24, 2.45) is 0 Å². The molecule has 2 heterocycles. The third-order valence-corrected chi connectivity index (χ3v) is 3.26. The highest BCUT2D eigenvalue weighted by Crippen LogP contribution is 2.15. The van der Waals surface area contributed by atoms with Gasteiger partial charge < -0.3 is 4.90 Å². The SMILES string of the molecule is CN(Cc1ccccc1-n1cccn1)C(=O)Cn1cnnn1. The van der Waals surface area contributed by atoms with Crippen molar-refractivity contribution < 1.29 is 4.79 Å². The number of carbonyl (C=O) groups is 1. The Hall–Kier alpha value is -3.03. The molecule has 0 radical (unpaired) electrons. The fourth-order valence-electron chi connectivity index (χ4n) is 2.14. The van der Waals surface area contributed by atoms with Crippen molar-refractivity contribution in [2.45, 2.75) is 13.1 Å². The third-order valence-electron chi connectivity index (χ3n) is 3.26. The molecule has 0 spiro atoms. The first-order valence-corrected chi connectivity index (χ1v) is 6.76. The van der Waals surface area contributed by atoms with Crippen LogP contribution in [0, 0.1) is 0 Å². The Bertz CT molecular complexity index is 736. The molecule has 0 unspecified atom stereocenters. The topological polar surface area (TPSA) is 81.7 Å². The molecule has 0 saturated heterocycles. The fourth-order valence-corrected chi connectivity index (χ4v) is 2.14. The van der Waals surface area contributed by atoms with Gasteiger partial charge in [0.1, 0.15) is 12.9 Å². The Morgan fingerprint density at radius 3 is 2.86 bits per heavy atom. The van der Waals surface area contributed by atoms with Gasteiger partial charge in [0.05, 0.1) is 5.69 Å². The number of nitrogens with zero attached hydrogens (tertiary/aromatic N) is 7. The summed E-state index contributed by atoms with van der Waals surface area (Å²) >= 11 is 0. The lowest BCUT2D eigenvalue weighted by molar-refractivity contribution is -0.131. The average molecular weight is 297 g/mol. The second kappa shape index (κ2) is 6.17. The molecule has 1 amide bonds. The maximum absolute atomic E-state index is 12.2. The van der Waals surface area contributed by atoms with Crippen molar-refractivity contribution in [1.29, 1.82) is 0 Å². The number of benzene rings is 1. The predicted octanol–water partition coefficient (Wildman–Crippen LogP) is 0.517. The highest BCUT2D eigenvalue weighted by atomic mass is 16.2. The molecule has 8 heteroatoms. The number of para-hydroxylation sites is 1. The van der Waals surface area contributed by atoms with Crippen LogP contribution in [0.4, 0.5) is 0 Å². The number of tetrazole rings is 1. The van der Waals surface area contributed by atoms with Crippen LogP contribution in [0.3, 0.4) is 0 Å². The lowest BCUT2D eigenvalue weighted by Gasteiger charge is -2.19. The standard InChI is InChI=1S/C14H15N7O/c1-19(14(22)10-20-11-15-17-18-20)9-12-5-2-3-6-13(12)21-8-4-7-16-21/h2-8,11H,9-10H2,1H3. The van der Waals surface area contributed by atoms with Crippen molar-refractivity contribution in [3.63, 3.8) is 0 Å². The second-order valence-electron chi connectivity index (χ2n) is 4.84. The van der Waals surface area contributed by atoms with E-state index in [-0.39, 0.29) is 12.5 Å². The first-order valence-electron chi connectivity index (χ1n) is 6.76. The Morgan fingerprint density at radius 1 is 1.27 bits per heavy atom. The van der Waals surface area contributed by atoms with Crippen LogP contribution in [-0.2, 0) is 17.9 Å². The minimum atomic E-state index is -0.0671. The molecule has 0 fully saturated rings. The third kappa shape index (κ3) is 3.00. The van der Waals surface area contributed by atoms with E-state index in [1.807, 2.05) is 36.5 Å². The van der Waals surface area contributed by atoms with E-state index >= 15 is 0 Å². The van der Waals surface area contributed by atoms with E-state index in [4.69, 9.17) is 0 Å². The van der Waals surface area contributed by atoms with Crippen LogP contribution in [0.2, 0.25) is 0 Å². The molecule has 0 aliphatic rings. The number of likely N-dealkylation sites (N-methyl/N-ethyl adjacent to an activating group) is 1. The molecule has 22 heavy (non-hydrogen) atoms. The molecule has 0 saturated carbocycles. The summed E-state index contributed by atoms with van der Waals surface area (Å²) in [6, 6.07) is 9.72. The van der Waals surface area contributed by atoms with Gasteiger partial charge in [-0.25, -0.2) is 9.36 Å². The lowest BCUT2D eigenvalue weighted by Crippen LogP contribution is -2.30. The first kappa shape index (κ1) is 13.9. The quantitative estimate of drug-likeness (QED) is 0.685. The van der Waals surface area contributed by atoms with E-state index < -0.39 is 0 Å². The van der Waals surface area contributed by atoms with Crippen LogP contribution in [0.25, 0.3) is 5.69 Å². The van der Waals surface area contributed by atoms with Gasteiger partial charge in [-0.15, -0.1) is 5.10 Å². The van der Waals surface area contributed by atoms with Crippen LogP contribution >= 0.6 is 0 Å². The lowest BCUT2D eigenvalue weighted by atomic mass is 10.1. The molecular formula is C14H15N7O. The van der Waals surface area contributed by atoms with Crippen molar-refractivity contribution >= 4 is 5.91 Å². The summed E-state index contributed by atoms with van der Waals surface area (Å²) in [5.41, 5.74) is 1.97. The molecular weight excluding hydrogens is 282 g/mol. The summed E-state index contributed by atoms with van der Waals surface area (Å²) in [7, 11) is 1.76. The van der Waals surface area contributed by atoms with E-state index in [1.165, 1.54) is 11.0 Å². The summed E-state index contributed by atoms with van der Waals surface area (Å²) in [5.74, 6) is -0.0671. The van der Waals surface area contributed by atoms with Gasteiger partial charge in [-0.2, -0.15) is 5.10 Å². The van der Waals surface area contributed by atoms with Crippen LogP contribution in [-0.4, -0.2) is 47.8 Å². The zero-order valence-electron chi connectivity index (χ0n) is 12.1. The fraction of sp³-hybridized carbons (Fsp3) is 0.214. The summed E-state index contributed by atoms with van der Waals surface area (Å²) in [4.78, 5) is 13.8. The van der Waals surface area contributed by atoms with Crippen LogP contribution in [0.5, 0.6) is 0 Å². The average Bonchev–Trinajstić information content (AvgIpc) is 3.21. The number of amides is 1. The minimum absolute atomic E-state index is 0.0671. The highest BCUT2D eigenvalue weighted by Gasteiger charge is 2.13. The first-order chi connectivity index (χ1) is 10.7. The number of aromatic nitrogens is 6. The highest BCUT2D eigenvalue weighted by molar-refractivity contribution is 5.75. The summed E-state index contributed by atoms with van der Waals surface area (Å²) in [6.07, 6.45) is 5.02. The summed E-state index contributed by atoms with van der Waals surface area (Å²) < 4.78 is 3.19. The smallest absolute Gasteiger partial charge is 0.244 e. The Morgan fingerprint density at radius 2 is 2.14 bits per heavy atom. The molecule has 8 nitrogen and oxygen atoms in total. The monoisotopic (exact) mass is 297 g/mol. The Kier molecular flexibility index (Phi) is 3.90. The van der Waals surface area contributed by atoms with Gasteiger partial charge in [0.15, 0.2) is 0 Å². The zero-order valence-corrected chi connectivity index (χ0v) is 12.1. The summed E-state index contributed by atoms with van der Waals surface area (Å²) in [6.45, 7) is 0.602. The van der Waals surface area contributed by atoms with E-state index in [9.17, 15) is 4.79 Å². The molecule has 0 aliphatic heterocycles. The van der Waals surface area contributed by atoms with Gasteiger partial charge in [0, 0.05) is 26.0 Å². The maximum Gasteiger partial charge on any atom is 0.244 e. The van der Waals surface area contributed by atoms with Gasteiger partial charge in [-0.3, -0.25) is 4.79 Å². The molecule has 2 aromatic heterocycles. The van der Waals surface area contributed by atoms with Crippen molar-refractivity contribution in [3.05, 3.63) is 54.6 Å². The van der Waals surface area contributed by atoms with E-state index in [2.05, 4.69) is 20.6 Å². The molecule has 3 rings (SSSR count). The second-order valence-corrected chi connectivity index (χ2v) is 4.84. The van der Waals surface area contributed by atoms with E-state index in [0.29, 0.717) is 6.54 Å². The molecule has 3 aromatic rings. The van der Waals surface area contributed by atoms with Gasteiger partial charge in [-0.05, 0) is 28.1 Å². The van der Waals surface area contributed by atoms with E-state index in [1.54, 1.807) is 22.8 Å². The van der Waals surface area contributed by atoms with Crippen molar-refractivity contribution in [1.82, 2.24) is 34.9 Å². The zero-order chi connectivity index (χ0) is 15.4.